The van der Waals surface area contributed by atoms with Gasteiger partial charge in [0.05, 0.1) is 25.5 Å². The number of nitrogens with one attached hydrogen (secondary N) is 1. The maximum Gasteiger partial charge on any atom is 0.306 e. The Bertz CT molecular complexity index is 1080. The fourth-order valence-electron chi connectivity index (χ4n) is 2.93. The van der Waals surface area contributed by atoms with Crippen molar-refractivity contribution in [1.82, 2.24) is 24.9 Å². The Hall–Kier alpha value is -3.31. The van der Waals surface area contributed by atoms with Crippen LogP contribution >= 0.6 is 0 Å². The predicted molar refractivity (Wildman–Crippen MR) is 112 cm³/mol. The number of rotatable bonds is 10. The molecule has 3 aromatic rings. The van der Waals surface area contributed by atoms with E-state index in [1.165, 1.54) is 23.5 Å². The van der Waals surface area contributed by atoms with E-state index in [0.29, 0.717) is 17.8 Å². The number of esters is 1. The Morgan fingerprint density at radius 3 is 2.32 bits per heavy atom. The lowest BCUT2D eigenvalue weighted by atomic mass is 10.1. The van der Waals surface area contributed by atoms with Gasteiger partial charge in [-0.05, 0) is 53.6 Å². The number of aromatic amines is 1. The normalized spacial score (nSPS) is 11.5. The van der Waals surface area contributed by atoms with Crippen LogP contribution in [0, 0.1) is 0 Å². The third-order valence-electron chi connectivity index (χ3n) is 4.70. The van der Waals surface area contributed by atoms with Crippen LogP contribution in [0.25, 0.3) is 11.4 Å². The molecule has 31 heavy (non-hydrogen) atoms. The minimum absolute atomic E-state index is 0.0117. The van der Waals surface area contributed by atoms with Gasteiger partial charge in [0.25, 0.3) is 0 Å². The molecular weight excluding hydrogens is 422 g/mol. The van der Waals surface area contributed by atoms with Gasteiger partial charge in [0, 0.05) is 18.7 Å². The summed E-state index contributed by atoms with van der Waals surface area (Å²) < 4.78 is 37.6. The molecular formula is C20H23N5O5S. The third kappa shape index (κ3) is 5.64. The number of methoxy groups -OCH3 is 2. The summed E-state index contributed by atoms with van der Waals surface area (Å²) in [5.74, 6) is 0.615. The van der Waals surface area contributed by atoms with E-state index in [-0.39, 0.29) is 24.4 Å². The van der Waals surface area contributed by atoms with Gasteiger partial charge in [-0.15, -0.1) is 10.2 Å². The summed E-state index contributed by atoms with van der Waals surface area (Å²) in [7, 11) is -0.980. The zero-order chi connectivity index (χ0) is 22.3. The Morgan fingerprint density at radius 2 is 1.74 bits per heavy atom. The van der Waals surface area contributed by atoms with E-state index in [2.05, 4.69) is 25.4 Å². The zero-order valence-electron chi connectivity index (χ0n) is 17.2. The molecule has 0 fully saturated rings. The lowest BCUT2D eigenvalue weighted by Gasteiger charge is -2.22. The number of benzene rings is 2. The predicted octanol–water partition coefficient (Wildman–Crippen LogP) is 1.67. The molecule has 2 aromatic carbocycles. The Morgan fingerprint density at radius 1 is 1.03 bits per heavy atom. The smallest absolute Gasteiger partial charge is 0.306 e. The average Bonchev–Trinajstić information content (AvgIpc) is 3.34. The molecule has 0 atom stereocenters. The number of nitrogens with zero attached hydrogens (tertiary/aromatic N) is 4. The topological polar surface area (TPSA) is 127 Å². The van der Waals surface area contributed by atoms with Gasteiger partial charge in [0.15, 0.2) is 0 Å². The number of hydrogen-bond donors (Lipinski definition) is 1. The van der Waals surface area contributed by atoms with Crippen LogP contribution in [0.5, 0.6) is 5.75 Å². The van der Waals surface area contributed by atoms with Crippen molar-refractivity contribution < 1.29 is 22.7 Å². The van der Waals surface area contributed by atoms with Gasteiger partial charge in [-0.25, -0.2) is 8.42 Å². The van der Waals surface area contributed by atoms with Crippen molar-refractivity contribution in [1.29, 1.82) is 0 Å². The summed E-state index contributed by atoms with van der Waals surface area (Å²) in [6.07, 6.45) is 0.435. The van der Waals surface area contributed by atoms with Crippen LogP contribution in [0.15, 0.2) is 53.4 Å². The fraction of sp³-hybridized carbons (Fsp3) is 0.300. The summed E-state index contributed by atoms with van der Waals surface area (Å²) >= 11 is 0. The van der Waals surface area contributed by atoms with Crippen molar-refractivity contribution in [2.45, 2.75) is 17.7 Å². The molecule has 0 unspecified atom stereocenters. The summed E-state index contributed by atoms with van der Waals surface area (Å²) in [5, 5.41) is 13.6. The quantitative estimate of drug-likeness (QED) is 0.467. The number of carbonyl (C=O) groups excluding carboxylic acids is 1. The second-order valence-corrected chi connectivity index (χ2v) is 8.53. The Kier molecular flexibility index (Phi) is 7.32. The average molecular weight is 446 g/mol. The molecule has 1 aromatic heterocycles. The highest BCUT2D eigenvalue weighted by molar-refractivity contribution is 7.89. The minimum atomic E-state index is -3.84. The standard InChI is InChI=1S/C20H23N5O5S/c1-29-17-7-3-15(4-8-17)11-13-25(14-12-19(26)30-2)31(27,28)18-9-5-16(6-10-18)20-21-23-24-22-20/h3-10H,11-14H2,1-2H3,(H,21,22,23,24). The molecule has 0 spiro atoms. The van der Waals surface area contributed by atoms with E-state index in [0.717, 1.165) is 11.3 Å². The molecule has 0 aliphatic rings. The van der Waals surface area contributed by atoms with E-state index >= 15 is 0 Å². The van der Waals surface area contributed by atoms with Crippen molar-refractivity contribution in [3.8, 4) is 17.1 Å². The number of tetrazole rings is 1. The summed E-state index contributed by atoms with van der Waals surface area (Å²) in [6.45, 7) is 0.218. The van der Waals surface area contributed by atoms with Crippen LogP contribution in [0.4, 0.5) is 0 Å². The van der Waals surface area contributed by atoms with Gasteiger partial charge in [-0.3, -0.25) is 4.79 Å². The first-order chi connectivity index (χ1) is 14.9. The van der Waals surface area contributed by atoms with E-state index < -0.39 is 16.0 Å². The molecule has 10 nitrogen and oxygen atoms in total. The molecule has 164 valence electrons. The molecule has 0 aliphatic carbocycles. The first-order valence-corrected chi connectivity index (χ1v) is 10.9. The Labute approximate surface area is 180 Å². The molecule has 0 saturated carbocycles. The maximum absolute atomic E-state index is 13.3. The van der Waals surface area contributed by atoms with Crippen LogP contribution < -0.4 is 4.74 Å². The highest BCUT2D eigenvalue weighted by atomic mass is 32.2. The van der Waals surface area contributed by atoms with Crippen LogP contribution in [-0.4, -0.2) is 66.6 Å². The summed E-state index contributed by atoms with van der Waals surface area (Å²) in [6, 6.07) is 13.6. The number of aromatic nitrogens is 4. The van der Waals surface area contributed by atoms with Crippen LogP contribution in [-0.2, 0) is 26.0 Å². The Balaban J connectivity index is 1.79. The number of carbonyl (C=O) groups is 1. The highest BCUT2D eigenvalue weighted by Gasteiger charge is 2.25. The van der Waals surface area contributed by atoms with Gasteiger partial charge >= 0.3 is 5.97 Å². The number of ether oxygens (including phenoxy) is 2. The number of H-pyrrole nitrogens is 1. The van der Waals surface area contributed by atoms with Crippen LogP contribution in [0.2, 0.25) is 0 Å². The second kappa shape index (κ2) is 10.1. The lowest BCUT2D eigenvalue weighted by molar-refractivity contribution is -0.140. The van der Waals surface area contributed by atoms with Crippen molar-refractivity contribution >= 4 is 16.0 Å². The highest BCUT2D eigenvalue weighted by Crippen LogP contribution is 2.21. The largest absolute Gasteiger partial charge is 0.497 e. The fourth-order valence-corrected chi connectivity index (χ4v) is 4.37. The van der Waals surface area contributed by atoms with Crippen molar-refractivity contribution in [3.63, 3.8) is 0 Å². The van der Waals surface area contributed by atoms with Crippen LogP contribution in [0.1, 0.15) is 12.0 Å². The van der Waals surface area contributed by atoms with E-state index in [4.69, 9.17) is 4.74 Å². The molecule has 0 aliphatic heterocycles. The lowest BCUT2D eigenvalue weighted by Crippen LogP contribution is -2.35. The van der Waals surface area contributed by atoms with Crippen molar-refractivity contribution in [3.05, 3.63) is 54.1 Å². The van der Waals surface area contributed by atoms with E-state index in [1.807, 2.05) is 24.3 Å². The van der Waals surface area contributed by atoms with Crippen molar-refractivity contribution in [2.24, 2.45) is 0 Å². The van der Waals surface area contributed by atoms with Gasteiger partial charge in [0.2, 0.25) is 15.8 Å². The molecule has 0 saturated heterocycles. The third-order valence-corrected chi connectivity index (χ3v) is 6.61. The van der Waals surface area contributed by atoms with E-state index in [9.17, 15) is 13.2 Å². The first kappa shape index (κ1) is 22.4. The molecule has 11 heteroatoms. The molecule has 1 heterocycles. The molecule has 0 amide bonds. The zero-order valence-corrected chi connectivity index (χ0v) is 18.0. The van der Waals surface area contributed by atoms with Crippen LogP contribution in [0.3, 0.4) is 0 Å². The molecule has 3 rings (SSSR count). The molecule has 1 N–H and O–H groups in total. The molecule has 0 bridgehead atoms. The summed E-state index contributed by atoms with van der Waals surface area (Å²) in [4.78, 5) is 11.7. The number of sulfonamides is 1. The SMILES string of the molecule is COC(=O)CCN(CCc1ccc(OC)cc1)S(=O)(=O)c1ccc(-c2nn[nH]n2)cc1. The monoisotopic (exact) mass is 445 g/mol. The number of hydrogen-bond acceptors (Lipinski definition) is 8. The van der Waals surface area contributed by atoms with Gasteiger partial charge in [0.1, 0.15) is 5.75 Å². The molecule has 0 radical (unpaired) electrons. The van der Waals surface area contributed by atoms with E-state index in [1.54, 1.807) is 19.2 Å². The van der Waals surface area contributed by atoms with Gasteiger partial charge in [-0.1, -0.05) is 12.1 Å². The van der Waals surface area contributed by atoms with Gasteiger partial charge < -0.3 is 9.47 Å². The van der Waals surface area contributed by atoms with Crippen molar-refractivity contribution in [2.75, 3.05) is 27.3 Å². The first-order valence-electron chi connectivity index (χ1n) is 9.48. The summed E-state index contributed by atoms with van der Waals surface area (Å²) in [5.41, 5.74) is 1.58. The minimum Gasteiger partial charge on any atom is -0.497 e. The second-order valence-electron chi connectivity index (χ2n) is 6.59. The maximum atomic E-state index is 13.3. The van der Waals surface area contributed by atoms with Gasteiger partial charge in [-0.2, -0.15) is 9.52 Å².